The van der Waals surface area contributed by atoms with Crippen LogP contribution in [0.4, 0.5) is 0 Å². The summed E-state index contributed by atoms with van der Waals surface area (Å²) in [6.45, 7) is 6.30. The summed E-state index contributed by atoms with van der Waals surface area (Å²) in [6, 6.07) is 2.36. The molecule has 0 aromatic heterocycles. The maximum Gasteiger partial charge on any atom is 0.0683 e. The molecule has 0 aromatic carbocycles. The average molecular weight is 272 g/mol. The number of unbranched alkanes of at least 4 members (excludes halogenated alkanes) is 1. The highest BCUT2D eigenvalue weighted by molar-refractivity contribution is 8.06. The lowest BCUT2D eigenvalue weighted by molar-refractivity contribution is 0.423. The van der Waals surface area contributed by atoms with E-state index in [1.54, 1.807) is 0 Å². The summed E-state index contributed by atoms with van der Waals surface area (Å²) in [4.78, 5) is 0. The van der Waals surface area contributed by atoms with Crippen LogP contribution in [0.1, 0.15) is 33.1 Å². The maximum absolute atomic E-state index is 8.90. The summed E-state index contributed by atoms with van der Waals surface area (Å²) in [6.07, 6.45) is 3.36. The molecule has 1 rings (SSSR count). The predicted molar refractivity (Wildman–Crippen MR) is 79.7 cm³/mol. The number of hydrogen-bond donors (Lipinski definition) is 1. The molecule has 0 saturated carbocycles. The highest BCUT2D eigenvalue weighted by Crippen LogP contribution is 2.23. The van der Waals surface area contributed by atoms with Crippen molar-refractivity contribution in [2.24, 2.45) is 5.41 Å². The smallest absolute Gasteiger partial charge is 0.0683 e. The molecule has 17 heavy (non-hydrogen) atoms. The van der Waals surface area contributed by atoms with Gasteiger partial charge in [-0.25, -0.2) is 0 Å². The van der Waals surface area contributed by atoms with Crippen LogP contribution < -0.4 is 5.32 Å². The molecule has 0 spiro atoms. The Morgan fingerprint density at radius 1 is 1.35 bits per heavy atom. The number of thioether (sulfide) groups is 2. The van der Waals surface area contributed by atoms with E-state index in [1.807, 2.05) is 13.8 Å². The van der Waals surface area contributed by atoms with Gasteiger partial charge in [0.05, 0.1) is 11.5 Å². The molecule has 1 N–H and O–H groups in total. The lowest BCUT2D eigenvalue weighted by Gasteiger charge is -2.21. The molecule has 0 aromatic rings. The van der Waals surface area contributed by atoms with Crippen LogP contribution in [0.15, 0.2) is 0 Å². The van der Waals surface area contributed by atoms with Gasteiger partial charge in [0.25, 0.3) is 0 Å². The van der Waals surface area contributed by atoms with E-state index >= 15 is 0 Å². The van der Waals surface area contributed by atoms with Crippen molar-refractivity contribution in [2.45, 2.75) is 38.4 Å². The van der Waals surface area contributed by atoms with E-state index in [9.17, 15) is 0 Å². The summed E-state index contributed by atoms with van der Waals surface area (Å²) in [5.74, 6) is 3.94. The van der Waals surface area contributed by atoms with Crippen LogP contribution in [0, 0.1) is 16.7 Å². The first-order valence-corrected chi connectivity index (χ1v) is 8.66. The van der Waals surface area contributed by atoms with Gasteiger partial charge in [-0.05, 0) is 33.2 Å². The van der Waals surface area contributed by atoms with Crippen molar-refractivity contribution in [2.75, 3.05) is 30.3 Å². The van der Waals surface area contributed by atoms with Crippen molar-refractivity contribution < 1.29 is 0 Å². The van der Waals surface area contributed by atoms with Gasteiger partial charge in [-0.2, -0.15) is 28.8 Å². The molecule has 1 heterocycles. The molecular formula is C13H24N2S2. The Balaban J connectivity index is 1.92. The minimum absolute atomic E-state index is 0.143. The third kappa shape index (κ3) is 7.23. The molecule has 1 unspecified atom stereocenters. The zero-order chi connectivity index (χ0) is 12.6. The van der Waals surface area contributed by atoms with Gasteiger partial charge in [-0.3, -0.25) is 0 Å². The second-order valence-corrected chi connectivity index (χ2v) is 7.78. The van der Waals surface area contributed by atoms with Crippen LogP contribution >= 0.6 is 23.5 Å². The molecule has 2 nitrogen and oxygen atoms in total. The molecule has 1 atom stereocenters. The lowest BCUT2D eigenvalue weighted by Crippen LogP contribution is -2.29. The number of hydrogen-bond acceptors (Lipinski definition) is 4. The van der Waals surface area contributed by atoms with Crippen LogP contribution in [-0.4, -0.2) is 35.6 Å². The van der Waals surface area contributed by atoms with E-state index in [0.717, 1.165) is 31.2 Å². The third-order valence-corrected chi connectivity index (χ3v) is 5.81. The van der Waals surface area contributed by atoms with Crippen LogP contribution in [0.5, 0.6) is 0 Å². The lowest BCUT2D eigenvalue weighted by atomic mass is 9.89. The average Bonchev–Trinajstić information content (AvgIpc) is 2.35. The van der Waals surface area contributed by atoms with Crippen LogP contribution in [-0.2, 0) is 0 Å². The fourth-order valence-corrected chi connectivity index (χ4v) is 4.44. The highest BCUT2D eigenvalue weighted by Gasteiger charge is 2.16. The Bertz CT molecular complexity index is 242. The quantitative estimate of drug-likeness (QED) is 0.722. The van der Waals surface area contributed by atoms with E-state index in [1.165, 1.54) is 23.7 Å². The number of rotatable bonds is 7. The van der Waals surface area contributed by atoms with Gasteiger partial charge >= 0.3 is 0 Å². The van der Waals surface area contributed by atoms with Gasteiger partial charge in [0.1, 0.15) is 0 Å². The third-order valence-electron chi connectivity index (χ3n) is 2.96. The normalized spacial score (nSPS) is 21.1. The second-order valence-electron chi connectivity index (χ2n) is 5.22. The molecule has 1 saturated heterocycles. The van der Waals surface area contributed by atoms with Gasteiger partial charge in [0, 0.05) is 29.1 Å². The van der Waals surface area contributed by atoms with Gasteiger partial charge in [-0.15, -0.1) is 0 Å². The van der Waals surface area contributed by atoms with Gasteiger partial charge < -0.3 is 5.32 Å². The zero-order valence-electron chi connectivity index (χ0n) is 11.0. The Morgan fingerprint density at radius 2 is 2.18 bits per heavy atom. The van der Waals surface area contributed by atoms with Crippen molar-refractivity contribution in [1.82, 2.24) is 5.32 Å². The molecule has 4 heteroatoms. The van der Waals surface area contributed by atoms with E-state index in [2.05, 4.69) is 34.9 Å². The fourth-order valence-electron chi connectivity index (χ4n) is 1.79. The first-order chi connectivity index (χ1) is 8.14. The number of nitrogens with one attached hydrogen (secondary N) is 1. The second kappa shape index (κ2) is 8.29. The minimum Gasteiger partial charge on any atom is -0.316 e. The van der Waals surface area contributed by atoms with E-state index in [0.29, 0.717) is 0 Å². The zero-order valence-corrected chi connectivity index (χ0v) is 12.6. The highest BCUT2D eigenvalue weighted by atomic mass is 32.2. The van der Waals surface area contributed by atoms with Crippen LogP contribution in [0.25, 0.3) is 0 Å². The summed E-state index contributed by atoms with van der Waals surface area (Å²) in [5, 5.41) is 13.2. The van der Waals surface area contributed by atoms with E-state index in [-0.39, 0.29) is 5.41 Å². The predicted octanol–water partition coefficient (Wildman–Crippen LogP) is 3.14. The van der Waals surface area contributed by atoms with Gasteiger partial charge in [0.2, 0.25) is 0 Å². The molecule has 1 fully saturated rings. The monoisotopic (exact) mass is 272 g/mol. The number of nitrogens with zero attached hydrogens (tertiary/aromatic N) is 1. The van der Waals surface area contributed by atoms with Crippen LogP contribution in [0.3, 0.4) is 0 Å². The van der Waals surface area contributed by atoms with Crippen LogP contribution in [0.2, 0.25) is 0 Å². The standard InChI is InChI=1S/C13H24N2S2/c1-13(2,11-14)5-3-4-6-15-9-12-10-16-7-8-17-12/h12,15H,3-10H2,1-2H3. The molecule has 1 aliphatic heterocycles. The topological polar surface area (TPSA) is 35.8 Å². The van der Waals surface area contributed by atoms with Crippen molar-refractivity contribution >= 4 is 23.5 Å². The fraction of sp³-hybridized carbons (Fsp3) is 0.923. The minimum atomic E-state index is -0.143. The van der Waals surface area contributed by atoms with Crippen molar-refractivity contribution in [3.8, 4) is 6.07 Å². The molecular weight excluding hydrogens is 248 g/mol. The molecule has 0 radical (unpaired) electrons. The summed E-state index contributed by atoms with van der Waals surface area (Å²) < 4.78 is 0. The summed E-state index contributed by atoms with van der Waals surface area (Å²) in [7, 11) is 0. The van der Waals surface area contributed by atoms with Crippen molar-refractivity contribution in [1.29, 1.82) is 5.26 Å². The summed E-state index contributed by atoms with van der Waals surface area (Å²) >= 11 is 4.19. The Labute approximate surface area is 114 Å². The Hall–Kier alpha value is 0.150. The first kappa shape index (κ1) is 15.2. The SMILES string of the molecule is CC(C)(C#N)CCCCNCC1CSCCS1. The van der Waals surface area contributed by atoms with E-state index < -0.39 is 0 Å². The Kier molecular flexibility index (Phi) is 7.41. The summed E-state index contributed by atoms with van der Waals surface area (Å²) in [5.41, 5.74) is -0.143. The molecule has 0 aliphatic carbocycles. The van der Waals surface area contributed by atoms with Crippen molar-refractivity contribution in [3.63, 3.8) is 0 Å². The van der Waals surface area contributed by atoms with Crippen molar-refractivity contribution in [3.05, 3.63) is 0 Å². The van der Waals surface area contributed by atoms with Gasteiger partial charge in [0.15, 0.2) is 0 Å². The maximum atomic E-state index is 8.90. The van der Waals surface area contributed by atoms with Gasteiger partial charge in [-0.1, -0.05) is 6.42 Å². The number of nitriles is 1. The molecule has 1 aliphatic rings. The molecule has 0 amide bonds. The molecule has 98 valence electrons. The van der Waals surface area contributed by atoms with E-state index in [4.69, 9.17) is 5.26 Å². The first-order valence-electron chi connectivity index (χ1n) is 6.45. The largest absolute Gasteiger partial charge is 0.316 e. The molecule has 0 bridgehead atoms. The Morgan fingerprint density at radius 3 is 2.82 bits per heavy atom.